The molecule has 8 nitrogen and oxygen atoms in total. The van der Waals surface area contributed by atoms with Gasteiger partial charge in [-0.2, -0.15) is 5.10 Å². The number of hydrogen-bond donors (Lipinski definition) is 2. The molecule has 0 unspecified atom stereocenters. The Morgan fingerprint density at radius 1 is 1.26 bits per heavy atom. The summed E-state index contributed by atoms with van der Waals surface area (Å²) in [6, 6.07) is 9.09. The Bertz CT molecular complexity index is 931. The zero-order chi connectivity index (χ0) is 19.2. The first kappa shape index (κ1) is 18.4. The molecule has 2 heterocycles. The fourth-order valence-corrected chi connectivity index (χ4v) is 2.72. The minimum atomic E-state index is -0.223. The molecule has 8 heteroatoms. The van der Waals surface area contributed by atoms with Crippen LogP contribution in [0.25, 0.3) is 0 Å². The van der Waals surface area contributed by atoms with Crippen molar-refractivity contribution in [2.45, 2.75) is 33.4 Å². The molecule has 27 heavy (non-hydrogen) atoms. The lowest BCUT2D eigenvalue weighted by Crippen LogP contribution is -2.24. The standard InChI is InChI=1S/C19H21N5O3/c1-3-16-18(13(2)27-23-16)19(26)20-11-14-6-4-7-15(10-14)22-17(25)12-24-9-5-8-21-24/h4-10H,3,11-12H2,1-2H3,(H,20,26)(H,22,25). The van der Waals surface area contributed by atoms with E-state index in [1.165, 1.54) is 0 Å². The topological polar surface area (TPSA) is 102 Å². The number of carbonyl (C=O) groups excluding carboxylic acids is 2. The van der Waals surface area contributed by atoms with E-state index in [4.69, 9.17) is 4.52 Å². The molecule has 0 fully saturated rings. The van der Waals surface area contributed by atoms with Crippen LogP contribution in [0.2, 0.25) is 0 Å². The van der Waals surface area contributed by atoms with Gasteiger partial charge >= 0.3 is 0 Å². The quantitative estimate of drug-likeness (QED) is 0.667. The molecule has 2 aromatic heterocycles. The van der Waals surface area contributed by atoms with E-state index in [-0.39, 0.29) is 18.4 Å². The molecule has 0 saturated heterocycles. The molecular weight excluding hydrogens is 346 g/mol. The molecule has 0 aliphatic rings. The number of benzene rings is 1. The molecule has 3 aromatic rings. The summed E-state index contributed by atoms with van der Waals surface area (Å²) < 4.78 is 6.65. The van der Waals surface area contributed by atoms with Crippen molar-refractivity contribution < 1.29 is 14.1 Å². The van der Waals surface area contributed by atoms with E-state index in [0.717, 1.165) is 5.56 Å². The Balaban J connectivity index is 1.59. The minimum absolute atomic E-state index is 0.139. The average Bonchev–Trinajstić information content (AvgIpc) is 3.29. The highest BCUT2D eigenvalue weighted by Crippen LogP contribution is 2.15. The maximum absolute atomic E-state index is 12.4. The first-order chi connectivity index (χ1) is 13.1. The monoisotopic (exact) mass is 367 g/mol. The van der Waals surface area contributed by atoms with Crippen molar-refractivity contribution >= 4 is 17.5 Å². The summed E-state index contributed by atoms with van der Waals surface area (Å²) >= 11 is 0. The van der Waals surface area contributed by atoms with E-state index in [9.17, 15) is 9.59 Å². The van der Waals surface area contributed by atoms with Crippen LogP contribution in [0.15, 0.2) is 47.2 Å². The normalized spacial score (nSPS) is 10.6. The van der Waals surface area contributed by atoms with Crippen molar-refractivity contribution in [3.8, 4) is 0 Å². The number of aryl methyl sites for hydroxylation is 2. The van der Waals surface area contributed by atoms with Crippen LogP contribution in [0.5, 0.6) is 0 Å². The molecule has 140 valence electrons. The summed E-state index contributed by atoms with van der Waals surface area (Å²) in [4.78, 5) is 24.5. The molecule has 0 atom stereocenters. The lowest BCUT2D eigenvalue weighted by Gasteiger charge is -2.09. The lowest BCUT2D eigenvalue weighted by molar-refractivity contribution is -0.116. The van der Waals surface area contributed by atoms with Crippen LogP contribution < -0.4 is 10.6 Å². The second-order valence-corrected chi connectivity index (χ2v) is 6.05. The van der Waals surface area contributed by atoms with Crippen LogP contribution in [0.3, 0.4) is 0 Å². The maximum Gasteiger partial charge on any atom is 0.257 e. The van der Waals surface area contributed by atoms with Crippen LogP contribution in [0.4, 0.5) is 5.69 Å². The van der Waals surface area contributed by atoms with Crippen molar-refractivity contribution in [3.05, 3.63) is 65.3 Å². The Kier molecular flexibility index (Phi) is 5.65. The first-order valence-corrected chi connectivity index (χ1v) is 8.66. The number of rotatable bonds is 7. The molecule has 0 saturated carbocycles. The number of aromatic nitrogens is 3. The fourth-order valence-electron chi connectivity index (χ4n) is 2.72. The fraction of sp³-hybridized carbons (Fsp3) is 0.263. The number of nitrogens with zero attached hydrogens (tertiary/aromatic N) is 3. The van der Waals surface area contributed by atoms with Crippen LogP contribution in [-0.2, 0) is 24.3 Å². The van der Waals surface area contributed by atoms with Crippen molar-refractivity contribution in [2.75, 3.05) is 5.32 Å². The smallest absolute Gasteiger partial charge is 0.257 e. The SMILES string of the molecule is CCc1noc(C)c1C(=O)NCc1cccc(NC(=O)Cn2cccn2)c1. The van der Waals surface area contributed by atoms with Crippen LogP contribution >= 0.6 is 0 Å². The van der Waals surface area contributed by atoms with Crippen molar-refractivity contribution in [3.63, 3.8) is 0 Å². The highest BCUT2D eigenvalue weighted by atomic mass is 16.5. The van der Waals surface area contributed by atoms with E-state index < -0.39 is 0 Å². The molecule has 3 rings (SSSR count). The first-order valence-electron chi connectivity index (χ1n) is 8.66. The second kappa shape index (κ2) is 8.31. The van der Waals surface area contributed by atoms with Gasteiger partial charge in [0.15, 0.2) is 0 Å². The summed E-state index contributed by atoms with van der Waals surface area (Å²) in [5.74, 6) is 0.107. The second-order valence-electron chi connectivity index (χ2n) is 6.05. The molecule has 0 radical (unpaired) electrons. The molecule has 0 spiro atoms. The highest BCUT2D eigenvalue weighted by Gasteiger charge is 2.18. The molecular formula is C19H21N5O3. The van der Waals surface area contributed by atoms with Gasteiger partial charge < -0.3 is 15.2 Å². The van der Waals surface area contributed by atoms with Gasteiger partial charge in [-0.1, -0.05) is 24.2 Å². The molecule has 0 bridgehead atoms. The summed E-state index contributed by atoms with van der Waals surface area (Å²) in [6.07, 6.45) is 3.97. The van der Waals surface area contributed by atoms with Gasteiger partial charge in [0.1, 0.15) is 17.9 Å². The average molecular weight is 367 g/mol. The van der Waals surface area contributed by atoms with E-state index in [1.54, 1.807) is 36.1 Å². The largest absolute Gasteiger partial charge is 0.361 e. The van der Waals surface area contributed by atoms with Crippen molar-refractivity contribution in [2.24, 2.45) is 0 Å². The molecule has 2 amide bonds. The molecule has 1 aromatic carbocycles. The minimum Gasteiger partial charge on any atom is -0.361 e. The van der Waals surface area contributed by atoms with Crippen molar-refractivity contribution in [1.29, 1.82) is 0 Å². The Hall–Kier alpha value is -3.42. The van der Waals surface area contributed by atoms with Gasteiger partial charge in [0, 0.05) is 24.6 Å². The number of amides is 2. The third-order valence-electron chi connectivity index (χ3n) is 4.02. The summed E-state index contributed by atoms with van der Waals surface area (Å²) in [7, 11) is 0. The van der Waals surface area contributed by atoms with Gasteiger partial charge in [-0.15, -0.1) is 0 Å². The third kappa shape index (κ3) is 4.60. The van der Waals surface area contributed by atoms with Crippen molar-refractivity contribution in [1.82, 2.24) is 20.3 Å². The maximum atomic E-state index is 12.4. The third-order valence-corrected chi connectivity index (χ3v) is 4.02. The zero-order valence-electron chi connectivity index (χ0n) is 15.2. The number of hydrogen-bond acceptors (Lipinski definition) is 5. The van der Waals surface area contributed by atoms with Gasteiger partial charge in [0.2, 0.25) is 5.91 Å². The molecule has 0 aliphatic carbocycles. The Morgan fingerprint density at radius 2 is 2.11 bits per heavy atom. The summed E-state index contributed by atoms with van der Waals surface area (Å²) in [5, 5.41) is 13.6. The molecule has 2 N–H and O–H groups in total. The summed E-state index contributed by atoms with van der Waals surface area (Å²) in [5.41, 5.74) is 2.66. The van der Waals surface area contributed by atoms with Gasteiger partial charge in [0.05, 0.1) is 5.69 Å². The summed E-state index contributed by atoms with van der Waals surface area (Å²) in [6.45, 7) is 4.11. The van der Waals surface area contributed by atoms with Gasteiger partial charge in [-0.25, -0.2) is 0 Å². The van der Waals surface area contributed by atoms with Gasteiger partial charge in [-0.3, -0.25) is 14.3 Å². The predicted octanol–water partition coefficient (Wildman–Crippen LogP) is 2.31. The van der Waals surface area contributed by atoms with Crippen LogP contribution in [0, 0.1) is 6.92 Å². The van der Waals surface area contributed by atoms with E-state index in [1.807, 2.05) is 25.1 Å². The van der Waals surface area contributed by atoms with Gasteiger partial charge in [-0.05, 0) is 37.1 Å². The Morgan fingerprint density at radius 3 is 2.85 bits per heavy atom. The van der Waals surface area contributed by atoms with Crippen LogP contribution in [-0.4, -0.2) is 26.8 Å². The highest BCUT2D eigenvalue weighted by molar-refractivity contribution is 5.96. The van der Waals surface area contributed by atoms with E-state index >= 15 is 0 Å². The van der Waals surface area contributed by atoms with Crippen LogP contribution in [0.1, 0.15) is 34.3 Å². The molecule has 0 aliphatic heterocycles. The predicted molar refractivity (Wildman–Crippen MR) is 99.1 cm³/mol. The van der Waals surface area contributed by atoms with E-state index in [0.29, 0.717) is 35.7 Å². The number of anilines is 1. The number of nitrogens with one attached hydrogen (secondary N) is 2. The van der Waals surface area contributed by atoms with Gasteiger partial charge in [0.25, 0.3) is 5.91 Å². The van der Waals surface area contributed by atoms with E-state index in [2.05, 4.69) is 20.9 Å². The Labute approximate surface area is 156 Å². The zero-order valence-corrected chi connectivity index (χ0v) is 15.2. The number of carbonyl (C=O) groups is 2. The lowest BCUT2D eigenvalue weighted by atomic mass is 10.1.